The van der Waals surface area contributed by atoms with Gasteiger partial charge in [-0.1, -0.05) is 62.6 Å². The molecule has 0 saturated heterocycles. The van der Waals surface area contributed by atoms with E-state index < -0.39 is 0 Å². The maximum Gasteiger partial charge on any atom is 0.273 e. The van der Waals surface area contributed by atoms with Gasteiger partial charge in [0.05, 0.1) is 25.5 Å². The number of aromatic nitrogens is 2. The molecule has 172 valence electrons. The Labute approximate surface area is 194 Å². The summed E-state index contributed by atoms with van der Waals surface area (Å²) >= 11 is 0. The number of hydrogen-bond donors (Lipinski definition) is 1. The highest BCUT2D eigenvalue weighted by atomic mass is 16.5. The molecule has 1 fully saturated rings. The molecular weight excluding hydrogens is 414 g/mol. The number of amides is 1. The third-order valence-corrected chi connectivity index (χ3v) is 6.83. The first-order chi connectivity index (χ1) is 16.2. The van der Waals surface area contributed by atoms with Crippen molar-refractivity contribution in [1.82, 2.24) is 15.1 Å². The zero-order valence-electron chi connectivity index (χ0n) is 19.3. The standard InChI is InChI=1S/C27H31N3O3/c1-3-4-16-33-21-15-14-19(17-22(21)32-2)26-23-24(18-10-6-5-7-11-18)28-29-25(23)27(31)30(26)20-12-8-9-13-20/h5-7,10-11,14-15,17,20,26H,3-4,8-9,12-13,16H2,1-2H3,(H,28,29). The summed E-state index contributed by atoms with van der Waals surface area (Å²) in [5.41, 5.74) is 4.43. The number of hydrogen-bond acceptors (Lipinski definition) is 4. The summed E-state index contributed by atoms with van der Waals surface area (Å²) in [5.74, 6) is 1.47. The van der Waals surface area contributed by atoms with Crippen LogP contribution in [0.1, 0.15) is 73.1 Å². The van der Waals surface area contributed by atoms with Crippen LogP contribution in [0.25, 0.3) is 11.3 Å². The van der Waals surface area contributed by atoms with Crippen LogP contribution in [0.4, 0.5) is 0 Å². The van der Waals surface area contributed by atoms with Crippen molar-refractivity contribution in [2.45, 2.75) is 57.5 Å². The molecule has 1 atom stereocenters. The van der Waals surface area contributed by atoms with E-state index in [0.717, 1.165) is 66.7 Å². The summed E-state index contributed by atoms with van der Waals surface area (Å²) < 4.78 is 11.7. The zero-order valence-corrected chi connectivity index (χ0v) is 19.3. The van der Waals surface area contributed by atoms with Crippen LogP contribution in [0.3, 0.4) is 0 Å². The van der Waals surface area contributed by atoms with Crippen molar-refractivity contribution in [3.63, 3.8) is 0 Å². The Morgan fingerprint density at radius 1 is 1.09 bits per heavy atom. The molecule has 6 nitrogen and oxygen atoms in total. The van der Waals surface area contributed by atoms with Crippen LogP contribution in [0.15, 0.2) is 48.5 Å². The Balaban J connectivity index is 1.60. The molecule has 0 spiro atoms. The smallest absolute Gasteiger partial charge is 0.273 e. The molecule has 2 aromatic carbocycles. The molecule has 6 heteroatoms. The van der Waals surface area contributed by atoms with Crippen LogP contribution in [-0.2, 0) is 0 Å². The molecule has 0 bridgehead atoms. The fourth-order valence-corrected chi connectivity index (χ4v) is 5.17. The first-order valence-corrected chi connectivity index (χ1v) is 12.0. The van der Waals surface area contributed by atoms with Gasteiger partial charge in [0.1, 0.15) is 5.69 Å². The fraction of sp³-hybridized carbons (Fsp3) is 0.407. The Morgan fingerprint density at radius 2 is 1.88 bits per heavy atom. The second kappa shape index (κ2) is 9.30. The molecule has 1 saturated carbocycles. The number of carbonyl (C=O) groups is 1. The van der Waals surface area contributed by atoms with Gasteiger partial charge in [-0.25, -0.2) is 0 Å². The number of fused-ring (bicyclic) bond motifs is 1. The van der Waals surface area contributed by atoms with Crippen LogP contribution in [0.5, 0.6) is 11.5 Å². The van der Waals surface area contributed by atoms with E-state index >= 15 is 0 Å². The average Bonchev–Trinajstić information content (AvgIpc) is 3.58. The Hall–Kier alpha value is -3.28. The van der Waals surface area contributed by atoms with E-state index in [-0.39, 0.29) is 18.0 Å². The monoisotopic (exact) mass is 445 g/mol. The second-order valence-electron chi connectivity index (χ2n) is 8.89. The van der Waals surface area contributed by atoms with Crippen molar-refractivity contribution >= 4 is 5.91 Å². The molecule has 1 aliphatic heterocycles. The highest BCUT2D eigenvalue weighted by Gasteiger charge is 2.45. The number of nitrogens with one attached hydrogen (secondary N) is 1. The number of ether oxygens (including phenoxy) is 2. The lowest BCUT2D eigenvalue weighted by Crippen LogP contribution is -2.37. The van der Waals surface area contributed by atoms with Crippen molar-refractivity contribution in [3.05, 3.63) is 65.4 Å². The average molecular weight is 446 g/mol. The summed E-state index contributed by atoms with van der Waals surface area (Å²) in [5, 5.41) is 7.64. The minimum atomic E-state index is -0.205. The summed E-state index contributed by atoms with van der Waals surface area (Å²) in [7, 11) is 1.67. The number of methoxy groups -OCH3 is 1. The Morgan fingerprint density at radius 3 is 2.61 bits per heavy atom. The third kappa shape index (κ3) is 3.88. The Kier molecular flexibility index (Phi) is 6.07. The van der Waals surface area contributed by atoms with E-state index in [1.165, 1.54) is 0 Å². The molecule has 1 N–H and O–H groups in total. The number of H-pyrrole nitrogens is 1. The number of aromatic amines is 1. The third-order valence-electron chi connectivity index (χ3n) is 6.83. The predicted molar refractivity (Wildman–Crippen MR) is 128 cm³/mol. The van der Waals surface area contributed by atoms with Crippen molar-refractivity contribution in [2.24, 2.45) is 0 Å². The summed E-state index contributed by atoms with van der Waals surface area (Å²) in [4.78, 5) is 15.7. The largest absolute Gasteiger partial charge is 0.493 e. The van der Waals surface area contributed by atoms with Gasteiger partial charge in [0.15, 0.2) is 11.5 Å². The zero-order chi connectivity index (χ0) is 22.8. The van der Waals surface area contributed by atoms with Gasteiger partial charge in [-0.05, 0) is 37.0 Å². The maximum absolute atomic E-state index is 13.6. The van der Waals surface area contributed by atoms with Crippen LogP contribution in [0, 0.1) is 0 Å². The molecule has 1 unspecified atom stereocenters. The molecule has 0 radical (unpaired) electrons. The highest BCUT2D eigenvalue weighted by molar-refractivity contribution is 6.00. The van der Waals surface area contributed by atoms with Gasteiger partial charge in [0, 0.05) is 17.2 Å². The van der Waals surface area contributed by atoms with Crippen molar-refractivity contribution in [1.29, 1.82) is 0 Å². The molecule has 5 rings (SSSR count). The van der Waals surface area contributed by atoms with Crippen molar-refractivity contribution in [2.75, 3.05) is 13.7 Å². The van der Waals surface area contributed by atoms with Crippen molar-refractivity contribution < 1.29 is 14.3 Å². The molecule has 33 heavy (non-hydrogen) atoms. The minimum absolute atomic E-state index is 0.0406. The van der Waals surface area contributed by atoms with Crippen LogP contribution >= 0.6 is 0 Å². The van der Waals surface area contributed by atoms with E-state index in [1.807, 2.05) is 42.5 Å². The number of unbranched alkanes of at least 4 members (excludes halogenated alkanes) is 1. The lowest BCUT2D eigenvalue weighted by Gasteiger charge is -2.32. The van der Waals surface area contributed by atoms with Gasteiger partial charge < -0.3 is 14.4 Å². The van der Waals surface area contributed by atoms with E-state index in [2.05, 4.69) is 28.1 Å². The number of nitrogens with zero attached hydrogens (tertiary/aromatic N) is 2. The number of carbonyl (C=O) groups excluding carboxylic acids is 1. The lowest BCUT2D eigenvalue weighted by molar-refractivity contribution is 0.0660. The quantitative estimate of drug-likeness (QED) is 0.448. The summed E-state index contributed by atoms with van der Waals surface area (Å²) in [6, 6.07) is 16.2. The van der Waals surface area contributed by atoms with Gasteiger partial charge in [-0.2, -0.15) is 5.10 Å². The Bertz CT molecular complexity index is 1120. The fourth-order valence-electron chi connectivity index (χ4n) is 5.17. The molecular formula is C27H31N3O3. The normalized spacial score (nSPS) is 18.1. The predicted octanol–water partition coefficient (Wildman–Crippen LogP) is 5.75. The maximum atomic E-state index is 13.6. The highest BCUT2D eigenvalue weighted by Crippen LogP contribution is 2.47. The van der Waals surface area contributed by atoms with Crippen molar-refractivity contribution in [3.8, 4) is 22.8 Å². The first kappa shape index (κ1) is 21.6. The summed E-state index contributed by atoms with van der Waals surface area (Å²) in [6.45, 7) is 2.80. The van der Waals surface area contributed by atoms with Crippen LogP contribution in [-0.4, -0.2) is 40.8 Å². The first-order valence-electron chi connectivity index (χ1n) is 12.0. The van der Waals surface area contributed by atoms with Crippen LogP contribution < -0.4 is 9.47 Å². The molecule has 2 aliphatic rings. The van der Waals surface area contributed by atoms with E-state index in [0.29, 0.717) is 18.1 Å². The molecule has 1 aromatic heterocycles. The van der Waals surface area contributed by atoms with Gasteiger partial charge in [-0.3, -0.25) is 9.89 Å². The van der Waals surface area contributed by atoms with E-state index in [9.17, 15) is 4.79 Å². The second-order valence-corrected chi connectivity index (χ2v) is 8.89. The SMILES string of the molecule is CCCCOc1ccc(C2c3c(-c4ccccc4)n[nH]c3C(=O)N2C2CCCC2)cc1OC. The molecule has 1 aliphatic carbocycles. The molecule has 2 heterocycles. The van der Waals surface area contributed by atoms with Gasteiger partial charge >= 0.3 is 0 Å². The van der Waals surface area contributed by atoms with Gasteiger partial charge in [-0.15, -0.1) is 0 Å². The summed E-state index contributed by atoms with van der Waals surface area (Å²) in [6.07, 6.45) is 6.47. The minimum Gasteiger partial charge on any atom is -0.493 e. The van der Waals surface area contributed by atoms with E-state index in [1.54, 1.807) is 7.11 Å². The van der Waals surface area contributed by atoms with Crippen LogP contribution in [0.2, 0.25) is 0 Å². The number of rotatable bonds is 8. The lowest BCUT2D eigenvalue weighted by atomic mass is 9.95. The molecule has 3 aromatic rings. The molecule has 1 amide bonds. The van der Waals surface area contributed by atoms with Gasteiger partial charge in [0.2, 0.25) is 0 Å². The topological polar surface area (TPSA) is 67.5 Å². The van der Waals surface area contributed by atoms with Gasteiger partial charge in [0.25, 0.3) is 5.91 Å². The number of benzene rings is 2. The van der Waals surface area contributed by atoms with E-state index in [4.69, 9.17) is 9.47 Å².